The molecule has 1 aliphatic rings. The molecule has 1 aromatic rings. The van der Waals surface area contributed by atoms with Gasteiger partial charge in [0.15, 0.2) is 0 Å². The Balaban J connectivity index is 2.10. The molecule has 1 saturated heterocycles. The number of rotatable bonds is 8. The van der Waals surface area contributed by atoms with E-state index in [1.165, 1.54) is 5.56 Å². The minimum atomic E-state index is -0.0910. The Morgan fingerprint density at radius 2 is 2.00 bits per heavy atom. The third kappa shape index (κ3) is 5.82. The van der Waals surface area contributed by atoms with Gasteiger partial charge in [0, 0.05) is 31.6 Å². The lowest BCUT2D eigenvalue weighted by molar-refractivity contribution is -0.133. The van der Waals surface area contributed by atoms with Crippen LogP contribution in [0.3, 0.4) is 0 Å². The van der Waals surface area contributed by atoms with Crippen molar-refractivity contribution in [2.24, 2.45) is 11.7 Å². The number of amides is 1. The van der Waals surface area contributed by atoms with E-state index < -0.39 is 0 Å². The molecule has 0 spiro atoms. The molecule has 4 nitrogen and oxygen atoms in total. The van der Waals surface area contributed by atoms with Gasteiger partial charge in [-0.25, -0.2) is 0 Å². The summed E-state index contributed by atoms with van der Waals surface area (Å²) in [6.45, 7) is 8.82. The van der Waals surface area contributed by atoms with E-state index in [2.05, 4.69) is 55.3 Å². The minimum Gasteiger partial charge on any atom is -0.341 e. The predicted molar refractivity (Wildman–Crippen MR) is 105 cm³/mol. The molecule has 0 aliphatic carbocycles. The summed E-state index contributed by atoms with van der Waals surface area (Å²) >= 11 is 0. The molecular weight excluding hydrogens is 310 g/mol. The van der Waals surface area contributed by atoms with Gasteiger partial charge < -0.3 is 16.0 Å². The van der Waals surface area contributed by atoms with Gasteiger partial charge in [-0.15, -0.1) is 0 Å². The molecule has 0 bridgehead atoms. The van der Waals surface area contributed by atoms with Gasteiger partial charge in [-0.1, -0.05) is 51.1 Å². The molecule has 1 heterocycles. The Kier molecular flexibility index (Phi) is 7.91. The zero-order valence-electron chi connectivity index (χ0n) is 16.1. The third-order valence-corrected chi connectivity index (χ3v) is 5.32. The Morgan fingerprint density at radius 1 is 1.28 bits per heavy atom. The number of hydrogen-bond acceptors (Lipinski definition) is 3. The monoisotopic (exact) mass is 345 g/mol. The van der Waals surface area contributed by atoms with E-state index >= 15 is 0 Å². The third-order valence-electron chi connectivity index (χ3n) is 5.32. The highest BCUT2D eigenvalue weighted by Gasteiger charge is 2.31. The summed E-state index contributed by atoms with van der Waals surface area (Å²) < 4.78 is 0. The van der Waals surface area contributed by atoms with Crippen LogP contribution < -0.4 is 11.1 Å². The number of carbonyl (C=O) groups excluding carboxylic acids is 1. The van der Waals surface area contributed by atoms with Crippen LogP contribution in [0.5, 0.6) is 0 Å². The Bertz CT molecular complexity index is 517. The summed E-state index contributed by atoms with van der Waals surface area (Å²) in [6, 6.07) is 10.7. The van der Waals surface area contributed by atoms with Gasteiger partial charge in [0.2, 0.25) is 5.91 Å². The molecule has 25 heavy (non-hydrogen) atoms. The fourth-order valence-corrected chi connectivity index (χ4v) is 3.62. The molecule has 0 aromatic heterocycles. The van der Waals surface area contributed by atoms with Crippen LogP contribution in [-0.2, 0) is 4.79 Å². The highest BCUT2D eigenvalue weighted by molar-refractivity contribution is 5.82. The van der Waals surface area contributed by atoms with E-state index in [4.69, 9.17) is 5.73 Å². The first-order valence-electron chi connectivity index (χ1n) is 9.85. The molecule has 0 radical (unpaired) electrons. The second-order valence-electron chi connectivity index (χ2n) is 7.71. The van der Waals surface area contributed by atoms with Crippen molar-refractivity contribution in [3.63, 3.8) is 0 Å². The van der Waals surface area contributed by atoms with Crippen LogP contribution >= 0.6 is 0 Å². The largest absolute Gasteiger partial charge is 0.341 e. The van der Waals surface area contributed by atoms with Crippen LogP contribution in [-0.4, -0.2) is 42.5 Å². The zero-order valence-corrected chi connectivity index (χ0v) is 16.1. The van der Waals surface area contributed by atoms with Crippen LogP contribution in [0.15, 0.2) is 30.3 Å². The van der Waals surface area contributed by atoms with Gasteiger partial charge in [-0.05, 0) is 37.2 Å². The highest BCUT2D eigenvalue weighted by atomic mass is 16.2. The Morgan fingerprint density at radius 3 is 2.60 bits per heavy atom. The summed E-state index contributed by atoms with van der Waals surface area (Å²) in [6.07, 6.45) is 3.93. The maximum absolute atomic E-state index is 13.1. The van der Waals surface area contributed by atoms with Crippen LogP contribution in [0, 0.1) is 5.92 Å². The molecule has 1 amide bonds. The molecular formula is C21H35N3O. The van der Waals surface area contributed by atoms with E-state index in [0.29, 0.717) is 18.4 Å². The topological polar surface area (TPSA) is 58.4 Å². The second kappa shape index (κ2) is 9.93. The fraction of sp³-hybridized carbons (Fsp3) is 0.667. The van der Waals surface area contributed by atoms with E-state index in [9.17, 15) is 4.79 Å². The number of nitrogens with one attached hydrogen (secondary N) is 1. The first-order chi connectivity index (χ1) is 12.0. The van der Waals surface area contributed by atoms with Crippen molar-refractivity contribution in [3.05, 3.63) is 35.9 Å². The predicted octanol–water partition coefficient (Wildman–Crippen LogP) is 3.13. The summed E-state index contributed by atoms with van der Waals surface area (Å²) in [4.78, 5) is 15.2. The maximum atomic E-state index is 13.1. The van der Waals surface area contributed by atoms with Crippen LogP contribution in [0.4, 0.5) is 0 Å². The van der Waals surface area contributed by atoms with E-state index in [0.717, 1.165) is 38.8 Å². The van der Waals surface area contributed by atoms with Crippen molar-refractivity contribution < 1.29 is 4.79 Å². The van der Waals surface area contributed by atoms with Gasteiger partial charge in [0.05, 0.1) is 6.04 Å². The fourth-order valence-electron chi connectivity index (χ4n) is 3.62. The molecule has 0 saturated carbocycles. The van der Waals surface area contributed by atoms with Crippen LogP contribution in [0.25, 0.3) is 0 Å². The number of nitrogens with zero attached hydrogens (tertiary/aromatic N) is 1. The van der Waals surface area contributed by atoms with Crippen molar-refractivity contribution in [2.75, 3.05) is 19.6 Å². The molecule has 140 valence electrons. The Hall–Kier alpha value is -1.39. The van der Waals surface area contributed by atoms with Gasteiger partial charge in [0.25, 0.3) is 0 Å². The summed E-state index contributed by atoms with van der Waals surface area (Å²) in [5.41, 5.74) is 7.23. The lowest BCUT2D eigenvalue weighted by atomic mass is 9.95. The van der Waals surface area contributed by atoms with Gasteiger partial charge >= 0.3 is 0 Å². The number of nitrogens with two attached hydrogens (primary N) is 1. The SMILES string of the molecule is CCC(CN1CC[C@@H](CN)N[C@@H](CCC(C)C)C1=O)c1ccccc1. The molecule has 3 atom stereocenters. The first-order valence-corrected chi connectivity index (χ1v) is 9.85. The lowest BCUT2D eigenvalue weighted by Gasteiger charge is -2.29. The van der Waals surface area contributed by atoms with Crippen LogP contribution in [0.1, 0.15) is 57.9 Å². The second-order valence-corrected chi connectivity index (χ2v) is 7.71. The minimum absolute atomic E-state index is 0.0910. The average Bonchev–Trinajstić information content (AvgIpc) is 2.77. The van der Waals surface area contributed by atoms with Crippen molar-refractivity contribution >= 4 is 5.91 Å². The standard InChI is InChI=1S/C21H35N3O/c1-4-17(18-8-6-5-7-9-18)15-24-13-12-19(14-22)23-20(21(24)25)11-10-16(2)3/h5-9,16-17,19-20,23H,4,10-15,22H2,1-3H3/t17?,19-,20-/m0/s1. The molecule has 1 fully saturated rings. The molecule has 2 rings (SSSR count). The molecule has 1 unspecified atom stereocenters. The lowest BCUT2D eigenvalue weighted by Crippen LogP contribution is -2.48. The van der Waals surface area contributed by atoms with Crippen molar-refractivity contribution in [2.45, 2.75) is 64.5 Å². The smallest absolute Gasteiger partial charge is 0.239 e. The van der Waals surface area contributed by atoms with E-state index in [1.807, 2.05) is 6.07 Å². The van der Waals surface area contributed by atoms with Gasteiger partial charge in [-0.2, -0.15) is 0 Å². The number of carbonyl (C=O) groups is 1. The molecule has 3 N–H and O–H groups in total. The quantitative estimate of drug-likeness (QED) is 0.761. The van der Waals surface area contributed by atoms with Gasteiger partial charge in [-0.3, -0.25) is 4.79 Å². The zero-order chi connectivity index (χ0) is 18.2. The molecule has 1 aromatic carbocycles. The number of benzene rings is 1. The first kappa shape index (κ1) is 19.9. The summed E-state index contributed by atoms with van der Waals surface area (Å²) in [5.74, 6) is 1.26. The highest BCUT2D eigenvalue weighted by Crippen LogP contribution is 2.23. The van der Waals surface area contributed by atoms with Crippen molar-refractivity contribution in [3.8, 4) is 0 Å². The average molecular weight is 346 g/mol. The molecule has 4 heteroatoms. The summed E-state index contributed by atoms with van der Waals surface area (Å²) in [5, 5.41) is 3.52. The van der Waals surface area contributed by atoms with Crippen molar-refractivity contribution in [1.29, 1.82) is 0 Å². The van der Waals surface area contributed by atoms with E-state index in [1.54, 1.807) is 0 Å². The normalized spacial score (nSPS) is 22.9. The summed E-state index contributed by atoms with van der Waals surface area (Å²) in [7, 11) is 0. The maximum Gasteiger partial charge on any atom is 0.239 e. The van der Waals surface area contributed by atoms with Crippen LogP contribution in [0.2, 0.25) is 0 Å². The van der Waals surface area contributed by atoms with Gasteiger partial charge in [0.1, 0.15) is 0 Å². The number of hydrogen-bond donors (Lipinski definition) is 2. The van der Waals surface area contributed by atoms with E-state index in [-0.39, 0.29) is 18.0 Å². The Labute approximate surface area is 153 Å². The molecule has 1 aliphatic heterocycles. The van der Waals surface area contributed by atoms with Crippen molar-refractivity contribution in [1.82, 2.24) is 10.2 Å².